The van der Waals surface area contributed by atoms with Crippen LogP contribution in [0, 0.1) is 0 Å². The highest BCUT2D eigenvalue weighted by Gasteiger charge is 2.15. The monoisotopic (exact) mass is 269 g/mol. The Kier molecular flexibility index (Phi) is 6.27. The number of esters is 1. The number of aliphatic hydroxyl groups excluding tert-OH is 2. The van der Waals surface area contributed by atoms with Crippen molar-refractivity contribution >= 4 is 5.97 Å². The number of methoxy groups -OCH3 is 2. The molecule has 0 amide bonds. The van der Waals surface area contributed by atoms with E-state index in [0.29, 0.717) is 30.0 Å². The van der Waals surface area contributed by atoms with Gasteiger partial charge < -0.3 is 25.0 Å². The Morgan fingerprint density at radius 2 is 2.16 bits per heavy atom. The van der Waals surface area contributed by atoms with Gasteiger partial charge in [-0.1, -0.05) is 6.07 Å². The van der Waals surface area contributed by atoms with Crippen LogP contribution in [0.3, 0.4) is 0 Å². The van der Waals surface area contributed by atoms with Crippen LogP contribution in [0.25, 0.3) is 0 Å². The summed E-state index contributed by atoms with van der Waals surface area (Å²) in [5.74, 6) is -0.137. The van der Waals surface area contributed by atoms with E-state index in [2.05, 4.69) is 10.1 Å². The largest absolute Gasteiger partial charge is 0.496 e. The summed E-state index contributed by atoms with van der Waals surface area (Å²) in [6.45, 7) is 0.729. The van der Waals surface area contributed by atoms with E-state index in [1.807, 2.05) is 0 Å². The van der Waals surface area contributed by atoms with Crippen molar-refractivity contribution in [3.05, 3.63) is 29.3 Å². The first-order valence-corrected chi connectivity index (χ1v) is 5.90. The maximum absolute atomic E-state index is 11.5. The molecule has 0 aromatic heterocycles. The van der Waals surface area contributed by atoms with Crippen molar-refractivity contribution in [2.45, 2.75) is 6.10 Å². The van der Waals surface area contributed by atoms with Gasteiger partial charge in [0.1, 0.15) is 11.3 Å². The van der Waals surface area contributed by atoms with E-state index in [-0.39, 0.29) is 6.61 Å². The lowest BCUT2D eigenvalue weighted by atomic mass is 10.1. The molecule has 1 aromatic rings. The summed E-state index contributed by atoms with van der Waals surface area (Å²) in [6, 6.07) is 4.78. The van der Waals surface area contributed by atoms with Gasteiger partial charge in [-0.3, -0.25) is 0 Å². The van der Waals surface area contributed by atoms with Gasteiger partial charge in [0.15, 0.2) is 0 Å². The van der Waals surface area contributed by atoms with Crippen molar-refractivity contribution in [2.24, 2.45) is 0 Å². The Bertz CT molecular complexity index is 421. The highest BCUT2D eigenvalue weighted by Crippen LogP contribution is 2.24. The minimum atomic E-state index is -0.743. The molecule has 0 heterocycles. The van der Waals surface area contributed by atoms with Crippen LogP contribution >= 0.6 is 0 Å². The molecule has 0 aliphatic rings. The Labute approximate surface area is 112 Å². The number of ether oxygens (including phenoxy) is 2. The van der Waals surface area contributed by atoms with Gasteiger partial charge in [-0.2, -0.15) is 0 Å². The second-order valence-corrected chi connectivity index (χ2v) is 3.89. The average Bonchev–Trinajstić information content (AvgIpc) is 2.45. The standard InChI is InChI=1S/C13H19NO5/c1-18-12-7-9(11(16)8-14-5-6-15)3-4-10(12)13(17)19-2/h3-4,7,11,14-16H,5-6,8H2,1-2H3/t11-/m0/s1. The SMILES string of the molecule is COC(=O)c1ccc([C@@H](O)CNCCO)cc1OC. The van der Waals surface area contributed by atoms with Crippen molar-refractivity contribution in [1.82, 2.24) is 5.32 Å². The Morgan fingerprint density at radius 1 is 1.42 bits per heavy atom. The number of hydrogen-bond donors (Lipinski definition) is 3. The van der Waals surface area contributed by atoms with E-state index in [1.54, 1.807) is 18.2 Å². The first kappa shape index (κ1) is 15.4. The predicted molar refractivity (Wildman–Crippen MR) is 69.2 cm³/mol. The molecule has 0 saturated carbocycles. The minimum Gasteiger partial charge on any atom is -0.496 e. The molecule has 106 valence electrons. The molecule has 6 nitrogen and oxygen atoms in total. The fourth-order valence-corrected chi connectivity index (χ4v) is 1.63. The van der Waals surface area contributed by atoms with Gasteiger partial charge in [0.2, 0.25) is 0 Å². The van der Waals surface area contributed by atoms with Crippen molar-refractivity contribution in [3.63, 3.8) is 0 Å². The molecule has 6 heteroatoms. The zero-order valence-electron chi connectivity index (χ0n) is 11.0. The molecular weight excluding hydrogens is 250 g/mol. The van der Waals surface area contributed by atoms with Gasteiger partial charge in [0, 0.05) is 13.1 Å². The maximum Gasteiger partial charge on any atom is 0.341 e. The number of rotatable bonds is 7. The van der Waals surface area contributed by atoms with Gasteiger partial charge in [-0.25, -0.2) is 4.79 Å². The molecule has 1 rings (SSSR count). The Morgan fingerprint density at radius 3 is 2.74 bits per heavy atom. The van der Waals surface area contributed by atoms with E-state index >= 15 is 0 Å². The third kappa shape index (κ3) is 4.20. The molecule has 0 aliphatic heterocycles. The van der Waals surface area contributed by atoms with E-state index < -0.39 is 12.1 Å². The first-order chi connectivity index (χ1) is 9.13. The lowest BCUT2D eigenvalue weighted by molar-refractivity contribution is 0.0596. The zero-order chi connectivity index (χ0) is 14.3. The molecule has 3 N–H and O–H groups in total. The molecular formula is C13H19NO5. The second kappa shape index (κ2) is 7.73. The van der Waals surface area contributed by atoms with Crippen molar-refractivity contribution in [2.75, 3.05) is 33.9 Å². The van der Waals surface area contributed by atoms with Gasteiger partial charge in [-0.05, 0) is 17.7 Å². The molecule has 0 fully saturated rings. The summed E-state index contributed by atoms with van der Waals surface area (Å²) in [6.07, 6.45) is -0.743. The van der Waals surface area contributed by atoms with Gasteiger partial charge in [-0.15, -0.1) is 0 Å². The second-order valence-electron chi connectivity index (χ2n) is 3.89. The number of carbonyl (C=O) groups is 1. The van der Waals surface area contributed by atoms with E-state index in [9.17, 15) is 9.90 Å². The van der Waals surface area contributed by atoms with Crippen LogP contribution in [-0.4, -0.2) is 50.1 Å². The quantitative estimate of drug-likeness (QED) is 0.480. The predicted octanol–water partition coefficient (Wildman–Crippen LogP) is 0.0971. The third-order valence-corrected chi connectivity index (χ3v) is 2.64. The fourth-order valence-electron chi connectivity index (χ4n) is 1.63. The average molecular weight is 269 g/mol. The number of benzene rings is 1. The van der Waals surface area contributed by atoms with Crippen LogP contribution in [-0.2, 0) is 4.74 Å². The van der Waals surface area contributed by atoms with Gasteiger partial charge in [0.05, 0.1) is 26.9 Å². The molecule has 19 heavy (non-hydrogen) atoms. The van der Waals surface area contributed by atoms with Crippen LogP contribution < -0.4 is 10.1 Å². The van der Waals surface area contributed by atoms with Crippen molar-refractivity contribution in [3.8, 4) is 5.75 Å². The van der Waals surface area contributed by atoms with Crippen LogP contribution in [0.15, 0.2) is 18.2 Å². The molecule has 0 bridgehead atoms. The molecule has 0 radical (unpaired) electrons. The first-order valence-electron chi connectivity index (χ1n) is 5.90. The summed E-state index contributed by atoms with van der Waals surface area (Å²) in [7, 11) is 2.74. The van der Waals surface area contributed by atoms with E-state index in [0.717, 1.165) is 0 Å². The summed E-state index contributed by atoms with van der Waals surface area (Å²) in [4.78, 5) is 11.5. The number of hydrogen-bond acceptors (Lipinski definition) is 6. The lowest BCUT2D eigenvalue weighted by Gasteiger charge is -2.14. The summed E-state index contributed by atoms with van der Waals surface area (Å²) < 4.78 is 9.75. The minimum absolute atomic E-state index is 0.0112. The number of nitrogens with one attached hydrogen (secondary N) is 1. The Balaban J connectivity index is 2.84. The molecule has 1 atom stereocenters. The van der Waals surface area contributed by atoms with Gasteiger partial charge >= 0.3 is 5.97 Å². The number of aliphatic hydroxyl groups is 2. The van der Waals surface area contributed by atoms with Gasteiger partial charge in [0.25, 0.3) is 0 Å². The Hall–Kier alpha value is -1.63. The zero-order valence-corrected chi connectivity index (χ0v) is 11.0. The summed E-state index contributed by atoms with van der Waals surface area (Å²) in [5, 5.41) is 21.5. The van der Waals surface area contributed by atoms with Crippen LogP contribution in [0.2, 0.25) is 0 Å². The van der Waals surface area contributed by atoms with Crippen molar-refractivity contribution < 1.29 is 24.5 Å². The fraction of sp³-hybridized carbons (Fsp3) is 0.462. The molecule has 0 saturated heterocycles. The normalized spacial score (nSPS) is 12.0. The highest BCUT2D eigenvalue weighted by molar-refractivity contribution is 5.92. The van der Waals surface area contributed by atoms with E-state index in [4.69, 9.17) is 9.84 Å². The maximum atomic E-state index is 11.5. The van der Waals surface area contributed by atoms with Crippen LogP contribution in [0.5, 0.6) is 5.75 Å². The molecule has 0 aliphatic carbocycles. The molecule has 0 unspecified atom stereocenters. The van der Waals surface area contributed by atoms with E-state index in [1.165, 1.54) is 14.2 Å². The number of carbonyl (C=O) groups excluding carboxylic acids is 1. The third-order valence-electron chi connectivity index (χ3n) is 2.64. The molecule has 0 spiro atoms. The van der Waals surface area contributed by atoms with Crippen molar-refractivity contribution in [1.29, 1.82) is 0 Å². The lowest BCUT2D eigenvalue weighted by Crippen LogP contribution is -2.24. The van der Waals surface area contributed by atoms with Crippen LogP contribution in [0.4, 0.5) is 0 Å². The summed E-state index contributed by atoms with van der Waals surface area (Å²) in [5.41, 5.74) is 0.930. The molecule has 1 aromatic carbocycles. The smallest absolute Gasteiger partial charge is 0.341 e. The topological polar surface area (TPSA) is 88.0 Å². The highest BCUT2D eigenvalue weighted by atomic mass is 16.5. The van der Waals surface area contributed by atoms with Crippen LogP contribution in [0.1, 0.15) is 22.0 Å². The summed E-state index contributed by atoms with van der Waals surface area (Å²) >= 11 is 0.